The second-order valence-electron chi connectivity index (χ2n) is 6.99. The van der Waals surface area contributed by atoms with Crippen LogP contribution in [-0.4, -0.2) is 5.78 Å². The molecule has 0 radical (unpaired) electrons. The van der Waals surface area contributed by atoms with Crippen LogP contribution in [0, 0.1) is 23.2 Å². The molecule has 0 aromatic carbocycles. The molecule has 0 N–H and O–H groups in total. The van der Waals surface area contributed by atoms with Gasteiger partial charge in [0.15, 0.2) is 0 Å². The molecule has 1 aliphatic carbocycles. The minimum Gasteiger partial charge on any atom is -0.299 e. The maximum Gasteiger partial charge on any atom is 0.136 e. The van der Waals surface area contributed by atoms with Crippen LogP contribution in [0.4, 0.5) is 0 Å². The molecule has 2 atom stereocenters. The fraction of sp³-hybridized carbons (Fsp3) is 0.933. The Hall–Kier alpha value is -0.330. The van der Waals surface area contributed by atoms with Crippen molar-refractivity contribution in [1.29, 1.82) is 0 Å². The Labute approximate surface area is 101 Å². The molecule has 16 heavy (non-hydrogen) atoms. The zero-order valence-corrected chi connectivity index (χ0v) is 11.7. The van der Waals surface area contributed by atoms with Crippen LogP contribution in [0.5, 0.6) is 0 Å². The highest BCUT2D eigenvalue weighted by Crippen LogP contribution is 2.40. The molecule has 0 aliphatic heterocycles. The fourth-order valence-electron chi connectivity index (χ4n) is 2.84. The van der Waals surface area contributed by atoms with Gasteiger partial charge in [0.05, 0.1) is 0 Å². The van der Waals surface area contributed by atoms with Gasteiger partial charge in [-0.25, -0.2) is 0 Å². The van der Waals surface area contributed by atoms with Gasteiger partial charge in [0.1, 0.15) is 5.78 Å². The predicted octanol–water partition coefficient (Wildman–Crippen LogP) is 4.45. The summed E-state index contributed by atoms with van der Waals surface area (Å²) in [5, 5.41) is 0. The van der Waals surface area contributed by atoms with Gasteiger partial charge in [0, 0.05) is 12.3 Å². The molecular formula is C15H28O. The van der Waals surface area contributed by atoms with E-state index >= 15 is 0 Å². The first-order valence-electron chi connectivity index (χ1n) is 6.83. The third-order valence-corrected chi connectivity index (χ3v) is 3.96. The SMILES string of the molecule is CC(C)CC(=O)C1CCCC(C(C)(C)C)C1. The number of carbonyl (C=O) groups is 1. The first-order chi connectivity index (χ1) is 7.30. The van der Waals surface area contributed by atoms with Crippen LogP contribution in [0.2, 0.25) is 0 Å². The number of Topliss-reactive ketones (excluding diaryl/α,β-unsaturated/α-hetero) is 1. The first kappa shape index (κ1) is 13.7. The zero-order valence-electron chi connectivity index (χ0n) is 11.7. The van der Waals surface area contributed by atoms with Crippen molar-refractivity contribution in [2.24, 2.45) is 23.2 Å². The molecule has 0 aromatic rings. The molecule has 1 nitrogen and oxygen atoms in total. The Balaban J connectivity index is 2.54. The Morgan fingerprint density at radius 2 is 1.88 bits per heavy atom. The van der Waals surface area contributed by atoms with Gasteiger partial charge in [-0.3, -0.25) is 4.79 Å². The highest BCUT2D eigenvalue weighted by atomic mass is 16.1. The van der Waals surface area contributed by atoms with Gasteiger partial charge in [0.2, 0.25) is 0 Å². The van der Waals surface area contributed by atoms with Crippen molar-refractivity contribution in [2.45, 2.75) is 66.7 Å². The zero-order chi connectivity index (χ0) is 12.3. The van der Waals surface area contributed by atoms with Gasteiger partial charge in [-0.1, -0.05) is 41.0 Å². The molecule has 0 aromatic heterocycles. The summed E-state index contributed by atoms with van der Waals surface area (Å²) in [6.45, 7) is 11.2. The van der Waals surface area contributed by atoms with Crippen LogP contribution in [0.15, 0.2) is 0 Å². The van der Waals surface area contributed by atoms with E-state index in [2.05, 4.69) is 34.6 Å². The largest absolute Gasteiger partial charge is 0.299 e. The molecule has 94 valence electrons. The number of ketones is 1. The molecule has 0 spiro atoms. The summed E-state index contributed by atoms with van der Waals surface area (Å²) < 4.78 is 0. The van der Waals surface area contributed by atoms with Crippen LogP contribution in [0.25, 0.3) is 0 Å². The van der Waals surface area contributed by atoms with E-state index < -0.39 is 0 Å². The first-order valence-corrected chi connectivity index (χ1v) is 6.83. The highest BCUT2D eigenvalue weighted by Gasteiger charge is 2.33. The van der Waals surface area contributed by atoms with Gasteiger partial charge in [0.25, 0.3) is 0 Å². The number of hydrogen-bond acceptors (Lipinski definition) is 1. The summed E-state index contributed by atoms with van der Waals surface area (Å²) in [4.78, 5) is 12.1. The van der Waals surface area contributed by atoms with Crippen LogP contribution >= 0.6 is 0 Å². The predicted molar refractivity (Wildman–Crippen MR) is 69.4 cm³/mol. The molecule has 1 fully saturated rings. The van der Waals surface area contributed by atoms with Crippen LogP contribution in [0.3, 0.4) is 0 Å². The Bertz CT molecular complexity index is 234. The fourth-order valence-corrected chi connectivity index (χ4v) is 2.84. The van der Waals surface area contributed by atoms with E-state index in [9.17, 15) is 4.79 Å². The monoisotopic (exact) mass is 224 g/mol. The molecule has 0 saturated heterocycles. The minimum absolute atomic E-state index is 0.361. The Kier molecular flexibility index (Phi) is 4.58. The maximum atomic E-state index is 12.1. The van der Waals surface area contributed by atoms with Gasteiger partial charge >= 0.3 is 0 Å². The minimum atomic E-state index is 0.361. The second kappa shape index (κ2) is 5.33. The van der Waals surface area contributed by atoms with E-state index in [0.29, 0.717) is 23.0 Å². The van der Waals surface area contributed by atoms with Crippen LogP contribution < -0.4 is 0 Å². The topological polar surface area (TPSA) is 17.1 Å². The summed E-state index contributed by atoms with van der Waals surface area (Å²) in [5.41, 5.74) is 0.372. The molecule has 0 amide bonds. The number of rotatable bonds is 3. The van der Waals surface area contributed by atoms with Crippen LogP contribution in [0.1, 0.15) is 66.7 Å². The van der Waals surface area contributed by atoms with E-state index in [0.717, 1.165) is 25.2 Å². The van der Waals surface area contributed by atoms with E-state index in [1.807, 2.05) is 0 Å². The molecule has 1 rings (SSSR count). The highest BCUT2D eigenvalue weighted by molar-refractivity contribution is 5.81. The summed E-state index contributed by atoms with van der Waals surface area (Å²) >= 11 is 0. The molecular weight excluding hydrogens is 196 g/mol. The van der Waals surface area contributed by atoms with Crippen molar-refractivity contribution in [3.05, 3.63) is 0 Å². The lowest BCUT2D eigenvalue weighted by molar-refractivity contribution is -0.125. The molecule has 1 heteroatoms. The number of hydrogen-bond donors (Lipinski definition) is 0. The lowest BCUT2D eigenvalue weighted by Crippen LogP contribution is -2.30. The summed E-state index contributed by atoms with van der Waals surface area (Å²) in [6.07, 6.45) is 5.61. The van der Waals surface area contributed by atoms with E-state index in [1.54, 1.807) is 0 Å². The van der Waals surface area contributed by atoms with Crippen LogP contribution in [-0.2, 0) is 4.79 Å². The standard InChI is InChI=1S/C15H28O/c1-11(2)9-14(16)12-7-6-8-13(10-12)15(3,4)5/h11-13H,6-10H2,1-5H3. The Morgan fingerprint density at radius 3 is 2.38 bits per heavy atom. The van der Waals surface area contributed by atoms with Crippen molar-refractivity contribution in [1.82, 2.24) is 0 Å². The quantitative estimate of drug-likeness (QED) is 0.692. The van der Waals surface area contributed by atoms with E-state index in [-0.39, 0.29) is 0 Å². The maximum absolute atomic E-state index is 12.1. The third kappa shape index (κ3) is 3.92. The smallest absolute Gasteiger partial charge is 0.136 e. The second-order valence-corrected chi connectivity index (χ2v) is 6.99. The van der Waals surface area contributed by atoms with E-state index in [1.165, 1.54) is 12.8 Å². The van der Waals surface area contributed by atoms with Crippen molar-refractivity contribution in [3.8, 4) is 0 Å². The normalized spacial score (nSPS) is 27.1. The Morgan fingerprint density at radius 1 is 1.25 bits per heavy atom. The molecule has 1 aliphatic rings. The molecule has 2 unspecified atom stereocenters. The van der Waals surface area contributed by atoms with Crippen molar-refractivity contribution < 1.29 is 4.79 Å². The van der Waals surface area contributed by atoms with Gasteiger partial charge in [-0.15, -0.1) is 0 Å². The lowest BCUT2D eigenvalue weighted by atomic mass is 9.68. The van der Waals surface area contributed by atoms with E-state index in [4.69, 9.17) is 0 Å². The van der Waals surface area contributed by atoms with Gasteiger partial charge in [-0.2, -0.15) is 0 Å². The van der Waals surface area contributed by atoms with Crippen molar-refractivity contribution in [2.75, 3.05) is 0 Å². The van der Waals surface area contributed by atoms with Gasteiger partial charge in [-0.05, 0) is 36.5 Å². The number of carbonyl (C=O) groups excluding carboxylic acids is 1. The average Bonchev–Trinajstić information content (AvgIpc) is 2.15. The summed E-state index contributed by atoms with van der Waals surface area (Å²) in [7, 11) is 0. The summed E-state index contributed by atoms with van der Waals surface area (Å²) in [5.74, 6) is 2.13. The molecule has 1 saturated carbocycles. The third-order valence-electron chi connectivity index (χ3n) is 3.96. The lowest BCUT2D eigenvalue weighted by Gasteiger charge is -2.37. The summed E-state index contributed by atoms with van der Waals surface area (Å²) in [6, 6.07) is 0. The molecule has 0 bridgehead atoms. The van der Waals surface area contributed by atoms with Crippen molar-refractivity contribution >= 4 is 5.78 Å². The van der Waals surface area contributed by atoms with Gasteiger partial charge < -0.3 is 0 Å². The molecule has 0 heterocycles. The average molecular weight is 224 g/mol. The van der Waals surface area contributed by atoms with Crippen molar-refractivity contribution in [3.63, 3.8) is 0 Å².